The van der Waals surface area contributed by atoms with Gasteiger partial charge in [-0.1, -0.05) is 63.2 Å². The zero-order chi connectivity index (χ0) is 19.9. The minimum Gasteiger partial charge on any atom is -0.503 e. The van der Waals surface area contributed by atoms with Crippen LogP contribution in [0, 0.1) is 19.3 Å². The average molecular weight is 363 g/mol. The van der Waals surface area contributed by atoms with Crippen LogP contribution in [0.1, 0.15) is 43.5 Å². The van der Waals surface area contributed by atoms with Crippen molar-refractivity contribution in [2.45, 2.75) is 40.7 Å². The molecule has 0 fully saturated rings. The van der Waals surface area contributed by atoms with Crippen molar-refractivity contribution in [1.82, 2.24) is 0 Å². The minimum absolute atomic E-state index is 0.171. The monoisotopic (exact) mass is 363 g/mol. The first-order valence-electron chi connectivity index (χ1n) is 9.07. The predicted octanol–water partition coefficient (Wildman–Crippen LogP) is 4.82. The van der Waals surface area contributed by atoms with Crippen molar-refractivity contribution < 1.29 is 14.7 Å². The number of carbonyl (C=O) groups is 2. The number of amides is 1. The lowest BCUT2D eigenvalue weighted by Gasteiger charge is -2.30. The zero-order valence-electron chi connectivity index (χ0n) is 16.4. The van der Waals surface area contributed by atoms with Crippen LogP contribution in [0.25, 0.3) is 0 Å². The molecule has 140 valence electrons. The molecule has 1 aliphatic heterocycles. The lowest BCUT2D eigenvalue weighted by molar-refractivity contribution is -0.123. The molecule has 0 aromatic heterocycles. The summed E-state index contributed by atoms with van der Waals surface area (Å²) >= 11 is 0. The number of hydrogen-bond donors (Lipinski definition) is 1. The van der Waals surface area contributed by atoms with E-state index in [1.165, 1.54) is 0 Å². The average Bonchev–Trinajstić information content (AvgIpc) is 2.86. The Morgan fingerprint density at radius 1 is 0.963 bits per heavy atom. The number of para-hydroxylation sites is 1. The number of anilines is 1. The number of nitrogens with zero attached hydrogens (tertiary/aromatic N) is 1. The first-order valence-corrected chi connectivity index (χ1v) is 9.07. The Morgan fingerprint density at radius 2 is 1.52 bits per heavy atom. The summed E-state index contributed by atoms with van der Waals surface area (Å²) in [5.41, 5.74) is 2.85. The van der Waals surface area contributed by atoms with Crippen molar-refractivity contribution >= 4 is 17.4 Å². The van der Waals surface area contributed by atoms with Crippen LogP contribution in [0.15, 0.2) is 59.9 Å². The van der Waals surface area contributed by atoms with Crippen LogP contribution < -0.4 is 4.90 Å². The van der Waals surface area contributed by atoms with E-state index in [2.05, 4.69) is 0 Å². The van der Waals surface area contributed by atoms with Gasteiger partial charge in [-0.05, 0) is 36.6 Å². The van der Waals surface area contributed by atoms with E-state index < -0.39 is 23.1 Å². The Labute approximate surface area is 160 Å². The Bertz CT molecular complexity index is 950. The van der Waals surface area contributed by atoms with E-state index in [4.69, 9.17) is 0 Å². The summed E-state index contributed by atoms with van der Waals surface area (Å²) in [6.45, 7) is 9.25. The van der Waals surface area contributed by atoms with E-state index in [0.717, 1.165) is 16.7 Å². The molecule has 0 saturated carbocycles. The number of benzene rings is 2. The Hall–Kier alpha value is -2.88. The van der Waals surface area contributed by atoms with Crippen LogP contribution in [0.2, 0.25) is 0 Å². The van der Waals surface area contributed by atoms with Crippen LogP contribution in [-0.2, 0) is 9.59 Å². The Balaban J connectivity index is 2.27. The molecule has 27 heavy (non-hydrogen) atoms. The van der Waals surface area contributed by atoms with Crippen LogP contribution in [0.4, 0.5) is 5.69 Å². The van der Waals surface area contributed by atoms with Gasteiger partial charge in [0, 0.05) is 11.1 Å². The number of aryl methyl sites for hydroxylation is 2. The second-order valence-electron chi connectivity index (χ2n) is 8.06. The van der Waals surface area contributed by atoms with Gasteiger partial charge in [-0.2, -0.15) is 0 Å². The fourth-order valence-corrected chi connectivity index (χ4v) is 3.51. The molecule has 1 heterocycles. The summed E-state index contributed by atoms with van der Waals surface area (Å²) in [7, 11) is 0. The van der Waals surface area contributed by atoms with Gasteiger partial charge in [0.05, 0.1) is 11.6 Å². The number of hydrogen-bond acceptors (Lipinski definition) is 3. The van der Waals surface area contributed by atoms with Crippen molar-refractivity contribution in [2.24, 2.45) is 5.41 Å². The molecule has 4 nitrogen and oxygen atoms in total. The first-order chi connectivity index (χ1) is 12.6. The van der Waals surface area contributed by atoms with Crippen molar-refractivity contribution in [2.75, 3.05) is 4.90 Å². The van der Waals surface area contributed by atoms with Crippen molar-refractivity contribution in [3.63, 3.8) is 0 Å². The normalized spacial score (nSPS) is 17.6. The number of aliphatic hydroxyl groups is 1. The molecule has 2 aromatic rings. The lowest BCUT2D eigenvalue weighted by atomic mass is 9.81. The van der Waals surface area contributed by atoms with E-state index in [1.54, 1.807) is 25.7 Å². The number of Topliss-reactive ketones (excluding diaryl/α,β-unsaturated/α-hetero) is 1. The summed E-state index contributed by atoms with van der Waals surface area (Å²) < 4.78 is 0. The number of carbonyl (C=O) groups excluding carboxylic acids is 2. The van der Waals surface area contributed by atoms with E-state index in [9.17, 15) is 14.7 Å². The standard InChI is InChI=1S/C23H25NO3/c1-14-10-6-8-12-16(14)19-18(21(26)23(3,4)5)20(25)22(27)24(19)17-13-9-7-11-15(17)2/h6-13,19,25H,1-5H3. The molecule has 0 radical (unpaired) electrons. The lowest BCUT2D eigenvalue weighted by Crippen LogP contribution is -2.33. The van der Waals surface area contributed by atoms with E-state index in [-0.39, 0.29) is 11.4 Å². The smallest absolute Gasteiger partial charge is 0.294 e. The third-order valence-corrected chi connectivity index (χ3v) is 4.99. The molecule has 0 bridgehead atoms. The molecule has 3 rings (SSSR count). The van der Waals surface area contributed by atoms with Crippen LogP contribution >= 0.6 is 0 Å². The molecule has 1 aliphatic rings. The topological polar surface area (TPSA) is 57.6 Å². The highest BCUT2D eigenvalue weighted by atomic mass is 16.3. The van der Waals surface area contributed by atoms with Crippen molar-refractivity contribution in [3.05, 3.63) is 76.6 Å². The molecule has 0 saturated heterocycles. The molecule has 0 aliphatic carbocycles. The Morgan fingerprint density at radius 3 is 2.07 bits per heavy atom. The summed E-state index contributed by atoms with van der Waals surface area (Å²) in [6.07, 6.45) is 0. The highest BCUT2D eigenvalue weighted by Crippen LogP contribution is 2.44. The summed E-state index contributed by atoms with van der Waals surface area (Å²) in [6, 6.07) is 14.5. The second-order valence-corrected chi connectivity index (χ2v) is 8.06. The third-order valence-electron chi connectivity index (χ3n) is 4.99. The zero-order valence-corrected chi connectivity index (χ0v) is 16.4. The SMILES string of the molecule is Cc1ccccc1C1C(C(=O)C(C)(C)C)=C(O)C(=O)N1c1ccccc1C. The molecule has 1 unspecified atom stereocenters. The van der Waals surface area contributed by atoms with Gasteiger partial charge in [0.2, 0.25) is 0 Å². The Kier molecular flexibility index (Phi) is 4.68. The maximum absolute atomic E-state index is 13.2. The van der Waals surface area contributed by atoms with Crippen molar-refractivity contribution in [3.8, 4) is 0 Å². The number of rotatable bonds is 3. The molecule has 1 N–H and O–H groups in total. The highest BCUT2D eigenvalue weighted by Gasteiger charge is 2.47. The van der Waals surface area contributed by atoms with Gasteiger partial charge in [0.15, 0.2) is 11.5 Å². The second kappa shape index (κ2) is 6.69. The molecule has 1 amide bonds. The number of aliphatic hydroxyl groups excluding tert-OH is 1. The molecule has 0 spiro atoms. The van der Waals surface area contributed by atoms with Crippen LogP contribution in [0.3, 0.4) is 0 Å². The van der Waals surface area contributed by atoms with Crippen LogP contribution in [0.5, 0.6) is 0 Å². The first kappa shape index (κ1) is 18.9. The van der Waals surface area contributed by atoms with Gasteiger partial charge in [0.25, 0.3) is 5.91 Å². The molecule has 1 atom stereocenters. The fraction of sp³-hybridized carbons (Fsp3) is 0.304. The van der Waals surface area contributed by atoms with Crippen molar-refractivity contribution in [1.29, 1.82) is 0 Å². The summed E-state index contributed by atoms with van der Waals surface area (Å²) in [5, 5.41) is 10.7. The molecule has 2 aromatic carbocycles. The third kappa shape index (κ3) is 3.16. The maximum Gasteiger partial charge on any atom is 0.294 e. The fourth-order valence-electron chi connectivity index (χ4n) is 3.51. The van der Waals surface area contributed by atoms with E-state index in [0.29, 0.717) is 5.69 Å². The molecular formula is C23H25NO3. The molecule has 4 heteroatoms. The molecular weight excluding hydrogens is 338 g/mol. The number of ketones is 1. The van der Waals surface area contributed by atoms with Crippen LogP contribution in [-0.4, -0.2) is 16.8 Å². The predicted molar refractivity (Wildman–Crippen MR) is 107 cm³/mol. The minimum atomic E-state index is -0.716. The van der Waals surface area contributed by atoms with Gasteiger partial charge in [-0.25, -0.2) is 0 Å². The summed E-state index contributed by atoms with van der Waals surface area (Å²) in [5.74, 6) is -1.21. The van der Waals surface area contributed by atoms with Gasteiger partial charge < -0.3 is 5.11 Å². The van der Waals surface area contributed by atoms with E-state index >= 15 is 0 Å². The summed E-state index contributed by atoms with van der Waals surface area (Å²) in [4.78, 5) is 27.8. The van der Waals surface area contributed by atoms with E-state index in [1.807, 2.05) is 62.4 Å². The largest absolute Gasteiger partial charge is 0.503 e. The van der Waals surface area contributed by atoms with Gasteiger partial charge in [-0.15, -0.1) is 0 Å². The maximum atomic E-state index is 13.2. The quantitative estimate of drug-likeness (QED) is 0.851. The van der Waals surface area contributed by atoms with Gasteiger partial charge >= 0.3 is 0 Å². The van der Waals surface area contributed by atoms with Gasteiger partial charge in [0.1, 0.15) is 0 Å². The van der Waals surface area contributed by atoms with Gasteiger partial charge in [-0.3, -0.25) is 14.5 Å². The highest BCUT2D eigenvalue weighted by molar-refractivity contribution is 6.17.